The van der Waals surface area contributed by atoms with E-state index < -0.39 is 5.97 Å². The number of unbranched alkanes of at least 4 members (excludes halogenated alkanes) is 3. The number of urea groups is 1. The summed E-state index contributed by atoms with van der Waals surface area (Å²) < 4.78 is 0. The molecule has 120 valence electrons. The minimum absolute atomic E-state index is 0.0562. The molecule has 0 aliphatic carbocycles. The molecule has 0 aromatic carbocycles. The van der Waals surface area contributed by atoms with Crippen molar-refractivity contribution >= 4 is 12.0 Å². The summed E-state index contributed by atoms with van der Waals surface area (Å²) in [6.45, 7) is 4.02. The maximum Gasteiger partial charge on any atom is 0.315 e. The lowest BCUT2D eigenvalue weighted by molar-refractivity contribution is -0.137. The van der Waals surface area contributed by atoms with E-state index in [2.05, 4.69) is 15.5 Å². The minimum atomic E-state index is -0.731. The van der Waals surface area contributed by atoms with E-state index in [0.717, 1.165) is 32.2 Å². The van der Waals surface area contributed by atoms with Crippen LogP contribution >= 0.6 is 0 Å². The molecule has 3 rings (SSSR count). The van der Waals surface area contributed by atoms with Crippen LogP contribution in [0.5, 0.6) is 0 Å². The molecule has 2 bridgehead atoms. The van der Waals surface area contributed by atoms with Crippen LogP contribution in [-0.4, -0.2) is 54.2 Å². The lowest BCUT2D eigenvalue weighted by Crippen LogP contribution is -2.58. The number of carboxylic acid groups (broad SMARTS) is 1. The van der Waals surface area contributed by atoms with Gasteiger partial charge in [-0.05, 0) is 44.7 Å². The second kappa shape index (κ2) is 8.22. The zero-order chi connectivity index (χ0) is 15.1. The summed E-state index contributed by atoms with van der Waals surface area (Å²) >= 11 is 0. The van der Waals surface area contributed by atoms with Gasteiger partial charge in [0, 0.05) is 25.6 Å². The van der Waals surface area contributed by atoms with Crippen molar-refractivity contribution in [3.05, 3.63) is 0 Å². The number of aliphatic carboxylic acids is 1. The Balaban J connectivity index is 1.49. The largest absolute Gasteiger partial charge is 0.481 e. The van der Waals surface area contributed by atoms with Crippen LogP contribution in [0.25, 0.3) is 0 Å². The predicted octanol–water partition coefficient (Wildman–Crippen LogP) is 1.41. The molecule has 0 radical (unpaired) electrons. The molecule has 6 nitrogen and oxygen atoms in total. The van der Waals surface area contributed by atoms with Crippen molar-refractivity contribution < 1.29 is 14.7 Å². The Morgan fingerprint density at radius 2 is 1.81 bits per heavy atom. The van der Waals surface area contributed by atoms with Gasteiger partial charge in [0.25, 0.3) is 0 Å². The fraction of sp³-hybridized carbons (Fsp3) is 0.867. The molecule has 3 fully saturated rings. The first-order valence-corrected chi connectivity index (χ1v) is 8.13. The molecule has 1 unspecified atom stereocenters. The number of rotatable bonds is 8. The van der Waals surface area contributed by atoms with Crippen LogP contribution in [0.3, 0.4) is 0 Å². The molecule has 1 atom stereocenters. The molecule has 2 amide bonds. The third-order valence-electron chi connectivity index (χ3n) is 4.58. The normalized spacial score (nSPS) is 27.3. The van der Waals surface area contributed by atoms with Crippen molar-refractivity contribution in [2.75, 3.05) is 26.2 Å². The fourth-order valence-electron chi connectivity index (χ4n) is 3.30. The Bertz CT molecular complexity index is 354. The maximum absolute atomic E-state index is 11.8. The van der Waals surface area contributed by atoms with E-state index in [0.29, 0.717) is 18.5 Å². The quantitative estimate of drug-likeness (QED) is 0.592. The minimum Gasteiger partial charge on any atom is -0.481 e. The Labute approximate surface area is 126 Å². The fourth-order valence-corrected chi connectivity index (χ4v) is 3.30. The van der Waals surface area contributed by atoms with Gasteiger partial charge in [-0.2, -0.15) is 0 Å². The molecule has 3 aliphatic rings. The zero-order valence-corrected chi connectivity index (χ0v) is 12.6. The van der Waals surface area contributed by atoms with Crippen LogP contribution in [0.1, 0.15) is 44.9 Å². The van der Waals surface area contributed by atoms with E-state index in [9.17, 15) is 9.59 Å². The van der Waals surface area contributed by atoms with Crippen LogP contribution < -0.4 is 10.6 Å². The van der Waals surface area contributed by atoms with Crippen molar-refractivity contribution in [3.63, 3.8) is 0 Å². The number of fused-ring (bicyclic) bond motifs is 3. The summed E-state index contributed by atoms with van der Waals surface area (Å²) in [5.41, 5.74) is 0. The molecule has 3 saturated heterocycles. The van der Waals surface area contributed by atoms with Crippen molar-refractivity contribution in [2.24, 2.45) is 5.92 Å². The number of carboxylic acids is 1. The van der Waals surface area contributed by atoms with E-state index in [4.69, 9.17) is 5.11 Å². The topological polar surface area (TPSA) is 81.7 Å². The Morgan fingerprint density at radius 1 is 1.10 bits per heavy atom. The summed E-state index contributed by atoms with van der Waals surface area (Å²) in [7, 11) is 0. The highest BCUT2D eigenvalue weighted by atomic mass is 16.4. The Kier molecular flexibility index (Phi) is 6.29. The van der Waals surface area contributed by atoms with E-state index in [1.54, 1.807) is 0 Å². The number of nitrogens with one attached hydrogen (secondary N) is 2. The van der Waals surface area contributed by atoms with E-state index in [-0.39, 0.29) is 12.5 Å². The molecule has 0 spiro atoms. The van der Waals surface area contributed by atoms with Crippen LogP contribution in [0.2, 0.25) is 0 Å². The first-order valence-electron chi connectivity index (χ1n) is 8.13. The summed E-state index contributed by atoms with van der Waals surface area (Å²) in [6.07, 6.45) is 6.16. The van der Waals surface area contributed by atoms with Gasteiger partial charge in [-0.25, -0.2) is 4.79 Å². The van der Waals surface area contributed by atoms with Crippen LogP contribution in [-0.2, 0) is 4.79 Å². The van der Waals surface area contributed by atoms with Crippen molar-refractivity contribution in [1.82, 2.24) is 15.5 Å². The second-order valence-corrected chi connectivity index (χ2v) is 6.20. The maximum atomic E-state index is 11.8. The highest BCUT2D eigenvalue weighted by Gasteiger charge is 2.34. The Hall–Kier alpha value is -1.30. The van der Waals surface area contributed by atoms with Crippen molar-refractivity contribution in [1.29, 1.82) is 0 Å². The monoisotopic (exact) mass is 297 g/mol. The Morgan fingerprint density at radius 3 is 2.43 bits per heavy atom. The van der Waals surface area contributed by atoms with Gasteiger partial charge in [-0.1, -0.05) is 12.8 Å². The van der Waals surface area contributed by atoms with Crippen LogP contribution in [0.4, 0.5) is 4.79 Å². The molecule has 0 saturated carbocycles. The molecule has 0 aromatic rings. The third-order valence-corrected chi connectivity index (χ3v) is 4.58. The lowest BCUT2D eigenvalue weighted by Gasteiger charge is -2.44. The average molecular weight is 297 g/mol. The molecule has 21 heavy (non-hydrogen) atoms. The molecule has 3 N–H and O–H groups in total. The summed E-state index contributed by atoms with van der Waals surface area (Å²) in [6, 6.07) is 0.252. The second-order valence-electron chi connectivity index (χ2n) is 6.20. The van der Waals surface area contributed by atoms with Crippen molar-refractivity contribution in [2.45, 2.75) is 51.0 Å². The molecule has 3 heterocycles. The van der Waals surface area contributed by atoms with Crippen molar-refractivity contribution in [3.8, 4) is 0 Å². The van der Waals surface area contributed by atoms with E-state index in [1.165, 1.54) is 25.9 Å². The number of hydrogen-bond acceptors (Lipinski definition) is 3. The number of carbonyl (C=O) groups excluding carboxylic acids is 1. The number of amides is 2. The highest BCUT2D eigenvalue weighted by molar-refractivity contribution is 5.74. The summed E-state index contributed by atoms with van der Waals surface area (Å²) in [5, 5.41) is 14.5. The SMILES string of the molecule is O=C(O)CCCCCCNC(=O)NC1CN2CCC1CC2. The average Bonchev–Trinajstić information content (AvgIpc) is 2.47. The number of carbonyl (C=O) groups is 2. The summed E-state index contributed by atoms with van der Waals surface area (Å²) in [4.78, 5) is 24.6. The van der Waals surface area contributed by atoms with E-state index in [1.807, 2.05) is 0 Å². The molecule has 3 aliphatic heterocycles. The lowest BCUT2D eigenvalue weighted by atomic mass is 9.84. The van der Waals surface area contributed by atoms with Gasteiger partial charge in [-0.15, -0.1) is 0 Å². The summed E-state index contributed by atoms with van der Waals surface area (Å²) in [5.74, 6) is -0.0817. The predicted molar refractivity (Wildman–Crippen MR) is 80.2 cm³/mol. The van der Waals surface area contributed by atoms with Gasteiger partial charge in [0.2, 0.25) is 0 Å². The molecule has 0 aromatic heterocycles. The number of hydrogen-bond donors (Lipinski definition) is 3. The zero-order valence-electron chi connectivity index (χ0n) is 12.6. The standard InChI is InChI=1S/C15H27N3O3/c19-14(20)5-3-1-2-4-8-16-15(21)17-13-11-18-9-6-12(13)7-10-18/h12-13H,1-11H2,(H,19,20)(H2,16,17,21). The molecular weight excluding hydrogens is 270 g/mol. The van der Waals surface area contributed by atoms with Gasteiger partial charge in [0.15, 0.2) is 0 Å². The first kappa shape index (κ1) is 16.1. The molecular formula is C15H27N3O3. The van der Waals surface area contributed by atoms with Gasteiger partial charge in [0.05, 0.1) is 0 Å². The van der Waals surface area contributed by atoms with Crippen LogP contribution in [0, 0.1) is 5.92 Å². The third kappa shape index (κ3) is 5.53. The van der Waals surface area contributed by atoms with Gasteiger partial charge >= 0.3 is 12.0 Å². The first-order chi connectivity index (χ1) is 10.1. The number of piperidine rings is 3. The van der Waals surface area contributed by atoms with Crippen LogP contribution in [0.15, 0.2) is 0 Å². The number of nitrogens with zero attached hydrogens (tertiary/aromatic N) is 1. The van der Waals surface area contributed by atoms with E-state index >= 15 is 0 Å². The van der Waals surface area contributed by atoms with Gasteiger partial charge in [-0.3, -0.25) is 4.79 Å². The highest BCUT2D eigenvalue weighted by Crippen LogP contribution is 2.27. The van der Waals surface area contributed by atoms with Gasteiger partial charge < -0.3 is 20.6 Å². The smallest absolute Gasteiger partial charge is 0.315 e. The molecule has 6 heteroatoms. The van der Waals surface area contributed by atoms with Gasteiger partial charge in [0.1, 0.15) is 0 Å².